The predicted molar refractivity (Wildman–Crippen MR) is 75.3 cm³/mol. The Bertz CT molecular complexity index is 687. The number of nitrogens with zero attached hydrogens (tertiary/aromatic N) is 3. The zero-order valence-corrected chi connectivity index (χ0v) is 12.3. The van der Waals surface area contributed by atoms with Gasteiger partial charge in [0.1, 0.15) is 4.90 Å². The van der Waals surface area contributed by atoms with Gasteiger partial charge in [0.25, 0.3) is 5.69 Å². The molecule has 1 aromatic carbocycles. The Kier molecular flexibility index (Phi) is 5.74. The van der Waals surface area contributed by atoms with E-state index in [0.29, 0.717) is 11.8 Å². The maximum Gasteiger partial charge on any atom is 0.417 e. The molecule has 0 spiro atoms. The smallest absolute Gasteiger partial charge is 0.377 e. The highest BCUT2D eigenvalue weighted by atomic mass is 32.2. The second-order valence-corrected chi connectivity index (χ2v) is 5.12. The fraction of sp³-hybridized carbons (Fsp3) is 0.364. The van der Waals surface area contributed by atoms with Gasteiger partial charge in [-0.15, -0.1) is 11.8 Å². The number of rotatable bonds is 6. The number of hydrogen-bond donors (Lipinski definition) is 1. The lowest BCUT2D eigenvalue weighted by Crippen LogP contribution is -2.12. The van der Waals surface area contributed by atoms with E-state index in [9.17, 15) is 33.4 Å². The molecule has 0 radical (unpaired) electrons. The molecule has 0 aliphatic rings. The molecule has 0 aromatic heterocycles. The van der Waals surface area contributed by atoms with E-state index in [1.807, 2.05) is 0 Å². The number of thioether (sulfide) groups is 1. The predicted octanol–water partition coefficient (Wildman–Crippen LogP) is 3.57. The van der Waals surface area contributed by atoms with Crippen LogP contribution in [-0.4, -0.2) is 22.6 Å². The fourth-order valence-electron chi connectivity index (χ4n) is 1.76. The zero-order valence-electron chi connectivity index (χ0n) is 11.5. The molecule has 0 saturated heterocycles. The van der Waals surface area contributed by atoms with Gasteiger partial charge in [-0.3, -0.25) is 20.2 Å². The van der Waals surface area contributed by atoms with E-state index in [1.165, 1.54) is 0 Å². The maximum atomic E-state index is 13.1. The Morgan fingerprint density at radius 1 is 1.35 bits per heavy atom. The summed E-state index contributed by atoms with van der Waals surface area (Å²) in [7, 11) is 1.13. The topological polar surface area (TPSA) is 122 Å². The van der Waals surface area contributed by atoms with Crippen molar-refractivity contribution < 1.29 is 23.0 Å². The number of anilines is 1. The summed E-state index contributed by atoms with van der Waals surface area (Å²) in [5.41, 5.74) is -4.17. The lowest BCUT2D eigenvalue weighted by molar-refractivity contribution is -0.394. The summed E-state index contributed by atoms with van der Waals surface area (Å²) < 4.78 is 39.4. The Hall–Kier alpha value is -2.55. The van der Waals surface area contributed by atoms with E-state index >= 15 is 0 Å². The summed E-state index contributed by atoms with van der Waals surface area (Å²) in [6, 6.07) is 1.96. The molecule has 0 amide bonds. The summed E-state index contributed by atoms with van der Waals surface area (Å²) in [4.78, 5) is 19.1. The van der Waals surface area contributed by atoms with Crippen molar-refractivity contribution in [3.63, 3.8) is 0 Å². The van der Waals surface area contributed by atoms with Gasteiger partial charge in [-0.2, -0.15) is 18.4 Å². The molecular weight excluding hydrogens is 341 g/mol. The van der Waals surface area contributed by atoms with E-state index in [2.05, 4.69) is 5.32 Å². The average Bonchev–Trinajstić information content (AvgIpc) is 2.44. The number of halogens is 3. The van der Waals surface area contributed by atoms with Crippen molar-refractivity contribution in [3.05, 3.63) is 31.9 Å². The quantitative estimate of drug-likeness (QED) is 0.360. The third-order valence-electron chi connectivity index (χ3n) is 2.63. The van der Waals surface area contributed by atoms with Crippen LogP contribution in [0.15, 0.2) is 11.0 Å². The summed E-state index contributed by atoms with van der Waals surface area (Å²) in [6.45, 7) is 0. The maximum absolute atomic E-state index is 13.1. The van der Waals surface area contributed by atoms with Crippen LogP contribution in [-0.2, 0) is 6.18 Å². The standard InChI is InChI=1S/C11H9F3N4O4S/c1-16-8-7(17(19)20)5-6(11(12,13)14)10(9(8)18(21)22)23-4-2-3-15/h5,16H,2,4H2,1H3. The van der Waals surface area contributed by atoms with Gasteiger partial charge in [0, 0.05) is 25.3 Å². The number of benzene rings is 1. The lowest BCUT2D eigenvalue weighted by atomic mass is 10.1. The minimum atomic E-state index is -5.02. The third-order valence-corrected chi connectivity index (χ3v) is 3.74. The van der Waals surface area contributed by atoms with Crippen LogP contribution < -0.4 is 5.32 Å². The first-order valence-electron chi connectivity index (χ1n) is 5.89. The van der Waals surface area contributed by atoms with Crippen LogP contribution >= 0.6 is 11.8 Å². The number of nitriles is 1. The molecule has 0 bridgehead atoms. The van der Waals surface area contributed by atoms with Gasteiger partial charge in [-0.25, -0.2) is 0 Å². The Morgan fingerprint density at radius 3 is 2.35 bits per heavy atom. The molecular formula is C11H9F3N4O4S. The van der Waals surface area contributed by atoms with Crippen LogP contribution in [0.4, 0.5) is 30.2 Å². The molecule has 0 aliphatic carbocycles. The van der Waals surface area contributed by atoms with Crippen molar-refractivity contribution in [2.75, 3.05) is 18.1 Å². The molecule has 0 unspecified atom stereocenters. The Balaban J connectivity index is 3.76. The fourth-order valence-corrected chi connectivity index (χ4v) is 2.80. The molecule has 0 heterocycles. The molecule has 1 rings (SSSR count). The minimum Gasteiger partial charge on any atom is -0.377 e. The first-order valence-corrected chi connectivity index (χ1v) is 6.88. The van der Waals surface area contributed by atoms with E-state index in [0.717, 1.165) is 7.05 Å². The number of hydrogen-bond acceptors (Lipinski definition) is 7. The first kappa shape index (κ1) is 18.5. The Labute approximate surface area is 131 Å². The van der Waals surface area contributed by atoms with Gasteiger partial charge in [0.05, 0.1) is 21.5 Å². The molecule has 1 N–H and O–H groups in total. The SMILES string of the molecule is CNc1c([N+](=O)[O-])cc(C(F)(F)F)c(SCCC#N)c1[N+](=O)[O-]. The normalized spacial score (nSPS) is 10.9. The highest BCUT2D eigenvalue weighted by Crippen LogP contribution is 2.48. The molecule has 23 heavy (non-hydrogen) atoms. The largest absolute Gasteiger partial charge is 0.417 e. The molecule has 0 saturated carbocycles. The average molecular weight is 350 g/mol. The second kappa shape index (κ2) is 7.14. The van der Waals surface area contributed by atoms with Crippen molar-refractivity contribution in [3.8, 4) is 6.07 Å². The zero-order chi connectivity index (χ0) is 17.8. The summed E-state index contributed by atoms with van der Waals surface area (Å²) in [5.74, 6) is -0.124. The monoisotopic (exact) mass is 350 g/mol. The first-order chi connectivity index (χ1) is 10.6. The molecule has 12 heteroatoms. The van der Waals surface area contributed by atoms with Crippen molar-refractivity contribution in [1.29, 1.82) is 5.26 Å². The number of nitro benzene ring substituents is 2. The van der Waals surface area contributed by atoms with Crippen LogP contribution in [0.5, 0.6) is 0 Å². The summed E-state index contributed by atoms with van der Waals surface area (Å²) in [5, 5.41) is 32.8. The lowest BCUT2D eigenvalue weighted by Gasteiger charge is -2.15. The van der Waals surface area contributed by atoms with Crippen LogP contribution in [0.2, 0.25) is 0 Å². The highest BCUT2D eigenvalue weighted by molar-refractivity contribution is 7.99. The summed E-state index contributed by atoms with van der Waals surface area (Å²) in [6.07, 6.45) is -5.15. The number of nitrogens with one attached hydrogen (secondary N) is 1. The van der Waals surface area contributed by atoms with Gasteiger partial charge in [0.15, 0.2) is 5.69 Å². The van der Waals surface area contributed by atoms with Crippen LogP contribution in [0.1, 0.15) is 12.0 Å². The number of nitro groups is 2. The van der Waals surface area contributed by atoms with Crippen molar-refractivity contribution in [2.24, 2.45) is 0 Å². The van der Waals surface area contributed by atoms with E-state index < -0.39 is 43.5 Å². The Morgan fingerprint density at radius 2 is 1.96 bits per heavy atom. The molecule has 124 valence electrons. The van der Waals surface area contributed by atoms with E-state index in [-0.39, 0.29) is 18.2 Å². The van der Waals surface area contributed by atoms with E-state index in [4.69, 9.17) is 5.26 Å². The van der Waals surface area contributed by atoms with Gasteiger partial charge in [-0.05, 0) is 0 Å². The van der Waals surface area contributed by atoms with Crippen LogP contribution in [0.25, 0.3) is 0 Å². The van der Waals surface area contributed by atoms with Crippen molar-refractivity contribution >= 4 is 28.8 Å². The van der Waals surface area contributed by atoms with Gasteiger partial charge < -0.3 is 5.32 Å². The van der Waals surface area contributed by atoms with Gasteiger partial charge in [0.2, 0.25) is 0 Å². The van der Waals surface area contributed by atoms with Crippen LogP contribution in [0.3, 0.4) is 0 Å². The minimum absolute atomic E-state index is 0.124. The highest BCUT2D eigenvalue weighted by Gasteiger charge is 2.42. The number of alkyl halides is 3. The van der Waals surface area contributed by atoms with Gasteiger partial charge in [-0.1, -0.05) is 0 Å². The van der Waals surface area contributed by atoms with Crippen LogP contribution in [0, 0.1) is 31.6 Å². The summed E-state index contributed by atoms with van der Waals surface area (Å²) >= 11 is 0.457. The molecule has 8 nitrogen and oxygen atoms in total. The molecule has 0 atom stereocenters. The van der Waals surface area contributed by atoms with Crippen molar-refractivity contribution in [1.82, 2.24) is 0 Å². The molecule has 1 aromatic rings. The molecule has 0 fully saturated rings. The second-order valence-electron chi connectivity index (χ2n) is 4.01. The molecule has 0 aliphatic heterocycles. The van der Waals surface area contributed by atoms with E-state index in [1.54, 1.807) is 6.07 Å². The third kappa shape index (κ3) is 4.01. The van der Waals surface area contributed by atoms with Crippen molar-refractivity contribution in [2.45, 2.75) is 17.5 Å². The van der Waals surface area contributed by atoms with Gasteiger partial charge >= 0.3 is 11.9 Å².